The summed E-state index contributed by atoms with van der Waals surface area (Å²) in [5.74, 6) is 0.415. The van der Waals surface area contributed by atoms with Gasteiger partial charge in [-0.3, -0.25) is 19.8 Å². The van der Waals surface area contributed by atoms with Crippen LogP contribution in [-0.2, 0) is 11.3 Å². The number of hydrogen-bond acceptors (Lipinski definition) is 5. The van der Waals surface area contributed by atoms with E-state index in [1.165, 1.54) is 11.6 Å². The number of nitrogens with zero attached hydrogens (tertiary/aromatic N) is 3. The number of nitro groups is 1. The first-order valence-electron chi connectivity index (χ1n) is 10.4. The lowest BCUT2D eigenvalue weighted by molar-refractivity contribution is -0.384. The van der Waals surface area contributed by atoms with Gasteiger partial charge in [0.05, 0.1) is 11.5 Å². The highest BCUT2D eigenvalue weighted by Gasteiger charge is 2.23. The number of nitrogens with one attached hydrogen (secondary N) is 1. The number of carbonyl (C=O) groups excluding carboxylic acids is 1. The van der Waals surface area contributed by atoms with E-state index >= 15 is 0 Å². The van der Waals surface area contributed by atoms with Crippen LogP contribution in [0.25, 0.3) is 0 Å². The molecule has 2 aromatic carbocycles. The second-order valence-corrected chi connectivity index (χ2v) is 8.23. The van der Waals surface area contributed by atoms with E-state index in [9.17, 15) is 14.9 Å². The number of likely N-dealkylation sites (tertiary alicyclic amines) is 1. The molecule has 0 aromatic heterocycles. The maximum atomic E-state index is 12.4. The Morgan fingerprint density at radius 1 is 1.20 bits per heavy atom. The summed E-state index contributed by atoms with van der Waals surface area (Å²) in [5.41, 5.74) is 2.30. The molecule has 0 radical (unpaired) electrons. The van der Waals surface area contributed by atoms with Gasteiger partial charge in [0.25, 0.3) is 5.69 Å². The van der Waals surface area contributed by atoms with E-state index < -0.39 is 4.92 Å². The van der Waals surface area contributed by atoms with E-state index in [-0.39, 0.29) is 23.8 Å². The lowest BCUT2D eigenvalue weighted by Crippen LogP contribution is -2.41. The highest BCUT2D eigenvalue weighted by atomic mass is 16.6. The molecule has 1 aliphatic heterocycles. The van der Waals surface area contributed by atoms with Gasteiger partial charge < -0.3 is 10.2 Å². The first-order chi connectivity index (χ1) is 14.4. The molecule has 1 N–H and O–H groups in total. The summed E-state index contributed by atoms with van der Waals surface area (Å²) in [6.45, 7) is 5.78. The fourth-order valence-electron chi connectivity index (χ4n) is 4.02. The molecule has 1 heterocycles. The van der Waals surface area contributed by atoms with Gasteiger partial charge in [-0.05, 0) is 63.0 Å². The number of carbonyl (C=O) groups is 1. The van der Waals surface area contributed by atoms with Gasteiger partial charge in [-0.15, -0.1) is 0 Å². The van der Waals surface area contributed by atoms with Gasteiger partial charge in [-0.2, -0.15) is 0 Å². The Balaban J connectivity index is 1.43. The Hall–Kier alpha value is -2.77. The molecule has 0 aliphatic carbocycles. The molecule has 0 bridgehead atoms. The van der Waals surface area contributed by atoms with Crippen LogP contribution in [-0.4, -0.2) is 53.9 Å². The molecule has 7 nitrogen and oxygen atoms in total. The van der Waals surface area contributed by atoms with E-state index in [0.29, 0.717) is 5.92 Å². The van der Waals surface area contributed by atoms with Gasteiger partial charge in [0.2, 0.25) is 5.91 Å². The molecule has 1 aliphatic rings. The lowest BCUT2D eigenvalue weighted by atomic mass is 9.96. The molecular weight excluding hydrogens is 380 g/mol. The van der Waals surface area contributed by atoms with Crippen LogP contribution in [0.4, 0.5) is 11.4 Å². The van der Waals surface area contributed by atoms with Crippen molar-refractivity contribution in [2.75, 3.05) is 38.5 Å². The summed E-state index contributed by atoms with van der Waals surface area (Å²) < 4.78 is 0. The molecule has 0 atom stereocenters. The SMILES string of the molecule is Cc1ccc(NC(=O)CN2CCC(CN(C)Cc3ccccc3)CC2)c([N+](=O)[O-])c1. The van der Waals surface area contributed by atoms with Gasteiger partial charge >= 0.3 is 0 Å². The van der Waals surface area contributed by atoms with Crippen LogP contribution in [0, 0.1) is 23.0 Å². The maximum absolute atomic E-state index is 12.4. The molecule has 7 heteroatoms. The molecule has 30 heavy (non-hydrogen) atoms. The number of amides is 1. The fourth-order valence-corrected chi connectivity index (χ4v) is 4.02. The van der Waals surface area contributed by atoms with E-state index in [2.05, 4.69) is 46.4 Å². The summed E-state index contributed by atoms with van der Waals surface area (Å²) in [5, 5.41) is 13.9. The van der Waals surface area contributed by atoms with Crippen molar-refractivity contribution in [3.05, 3.63) is 69.8 Å². The predicted octanol–water partition coefficient (Wildman–Crippen LogP) is 3.69. The quantitative estimate of drug-likeness (QED) is 0.530. The molecule has 1 fully saturated rings. The van der Waals surface area contributed by atoms with Crippen LogP contribution in [0.15, 0.2) is 48.5 Å². The van der Waals surface area contributed by atoms with E-state index in [1.54, 1.807) is 19.1 Å². The summed E-state index contributed by atoms with van der Waals surface area (Å²) >= 11 is 0. The Labute approximate surface area is 177 Å². The first-order valence-corrected chi connectivity index (χ1v) is 10.4. The third-order valence-electron chi connectivity index (χ3n) is 5.56. The van der Waals surface area contributed by atoms with Crippen molar-refractivity contribution in [1.29, 1.82) is 0 Å². The van der Waals surface area contributed by atoms with Crippen LogP contribution < -0.4 is 5.32 Å². The van der Waals surface area contributed by atoms with Gasteiger partial charge in [0, 0.05) is 19.2 Å². The number of nitro benzene ring substituents is 1. The lowest BCUT2D eigenvalue weighted by Gasteiger charge is -2.33. The Morgan fingerprint density at radius 2 is 1.90 bits per heavy atom. The minimum atomic E-state index is -0.458. The van der Waals surface area contributed by atoms with Gasteiger partial charge in [0.1, 0.15) is 5.69 Å². The minimum Gasteiger partial charge on any atom is -0.319 e. The molecule has 3 rings (SSSR count). The molecule has 2 aromatic rings. The summed E-state index contributed by atoms with van der Waals surface area (Å²) in [7, 11) is 2.15. The number of piperidine rings is 1. The Bertz CT molecular complexity index is 864. The smallest absolute Gasteiger partial charge is 0.293 e. The largest absolute Gasteiger partial charge is 0.319 e. The summed E-state index contributed by atoms with van der Waals surface area (Å²) in [4.78, 5) is 27.7. The molecular formula is C23H30N4O3. The van der Waals surface area contributed by atoms with Crippen LogP contribution >= 0.6 is 0 Å². The van der Waals surface area contributed by atoms with Crippen molar-refractivity contribution in [2.24, 2.45) is 5.92 Å². The van der Waals surface area contributed by atoms with Crippen molar-refractivity contribution < 1.29 is 9.72 Å². The Morgan fingerprint density at radius 3 is 2.57 bits per heavy atom. The van der Waals surface area contributed by atoms with Crippen molar-refractivity contribution in [1.82, 2.24) is 9.80 Å². The number of rotatable bonds is 8. The van der Waals surface area contributed by atoms with Crippen molar-refractivity contribution in [2.45, 2.75) is 26.3 Å². The van der Waals surface area contributed by atoms with E-state index in [0.717, 1.165) is 44.6 Å². The number of aryl methyl sites for hydroxylation is 1. The summed E-state index contributed by atoms with van der Waals surface area (Å²) in [6, 6.07) is 15.3. The molecule has 0 saturated carbocycles. The number of hydrogen-bond donors (Lipinski definition) is 1. The average molecular weight is 411 g/mol. The first kappa shape index (κ1) is 21.9. The van der Waals surface area contributed by atoms with E-state index in [4.69, 9.17) is 0 Å². The topological polar surface area (TPSA) is 78.7 Å². The van der Waals surface area contributed by atoms with Gasteiger partial charge in [-0.25, -0.2) is 0 Å². The molecule has 1 amide bonds. The zero-order valence-corrected chi connectivity index (χ0v) is 17.7. The second-order valence-electron chi connectivity index (χ2n) is 8.23. The average Bonchev–Trinajstić information content (AvgIpc) is 2.71. The zero-order chi connectivity index (χ0) is 21.5. The van der Waals surface area contributed by atoms with Gasteiger partial charge in [0.15, 0.2) is 0 Å². The second kappa shape index (κ2) is 10.3. The summed E-state index contributed by atoms with van der Waals surface area (Å²) in [6.07, 6.45) is 2.11. The van der Waals surface area contributed by atoms with Crippen LogP contribution in [0.3, 0.4) is 0 Å². The molecule has 0 unspecified atom stereocenters. The van der Waals surface area contributed by atoms with Crippen LogP contribution in [0.2, 0.25) is 0 Å². The zero-order valence-electron chi connectivity index (χ0n) is 17.7. The third kappa shape index (κ3) is 6.37. The monoisotopic (exact) mass is 410 g/mol. The van der Waals surface area contributed by atoms with Crippen LogP contribution in [0.1, 0.15) is 24.0 Å². The van der Waals surface area contributed by atoms with Crippen molar-refractivity contribution >= 4 is 17.3 Å². The van der Waals surface area contributed by atoms with E-state index in [1.807, 2.05) is 6.07 Å². The van der Waals surface area contributed by atoms with Gasteiger partial charge in [-0.1, -0.05) is 36.4 Å². The predicted molar refractivity (Wildman–Crippen MR) is 118 cm³/mol. The highest BCUT2D eigenvalue weighted by molar-refractivity contribution is 5.94. The molecule has 1 saturated heterocycles. The Kier molecular flexibility index (Phi) is 7.54. The normalized spacial score (nSPS) is 15.3. The van der Waals surface area contributed by atoms with Crippen molar-refractivity contribution in [3.63, 3.8) is 0 Å². The van der Waals surface area contributed by atoms with Crippen molar-refractivity contribution in [3.8, 4) is 0 Å². The molecule has 0 spiro atoms. The van der Waals surface area contributed by atoms with Crippen LogP contribution in [0.5, 0.6) is 0 Å². The third-order valence-corrected chi connectivity index (χ3v) is 5.56. The molecule has 160 valence electrons. The highest BCUT2D eigenvalue weighted by Crippen LogP contribution is 2.25. The fraction of sp³-hybridized carbons (Fsp3) is 0.435. The standard InChI is InChI=1S/C23H30N4O3/c1-18-8-9-21(22(14-18)27(29)30)24-23(28)17-26-12-10-20(11-13-26)16-25(2)15-19-6-4-3-5-7-19/h3-9,14,20H,10-13,15-17H2,1-2H3,(H,24,28). The number of anilines is 1. The maximum Gasteiger partial charge on any atom is 0.293 e. The number of benzene rings is 2. The minimum absolute atomic E-state index is 0.0662.